The molecule has 3 nitrogen and oxygen atoms in total. The van der Waals surface area contributed by atoms with Gasteiger partial charge in [-0.15, -0.1) is 0 Å². The Labute approximate surface area is 130 Å². The molecule has 3 heteroatoms. The number of methoxy groups -OCH3 is 1. The molecule has 0 atom stereocenters. The number of aryl methyl sites for hydroxylation is 1. The van der Waals surface area contributed by atoms with E-state index in [1.807, 2.05) is 31.2 Å². The average molecular weight is 293 g/mol. The molecule has 0 spiro atoms. The Morgan fingerprint density at radius 2 is 1.86 bits per heavy atom. The molecule has 1 heterocycles. The predicted octanol–water partition coefficient (Wildman–Crippen LogP) is 4.46. The summed E-state index contributed by atoms with van der Waals surface area (Å²) in [6.45, 7) is 5.67. The van der Waals surface area contributed by atoms with Crippen molar-refractivity contribution in [1.29, 1.82) is 0 Å². The minimum absolute atomic E-state index is 0.0714. The summed E-state index contributed by atoms with van der Waals surface area (Å²) < 4.78 is 7.45. The number of benzene rings is 2. The third kappa shape index (κ3) is 2.19. The number of ketones is 1. The Balaban J connectivity index is 2.40. The molecule has 0 saturated carbocycles. The number of fused-ring (bicyclic) bond motifs is 1. The van der Waals surface area contributed by atoms with E-state index in [0.29, 0.717) is 0 Å². The molecule has 0 aliphatic rings. The first-order valence-electron chi connectivity index (χ1n) is 7.30. The third-order valence-corrected chi connectivity index (χ3v) is 4.02. The second-order valence-corrected chi connectivity index (χ2v) is 5.57. The van der Waals surface area contributed by atoms with Gasteiger partial charge >= 0.3 is 0 Å². The maximum atomic E-state index is 12.1. The summed E-state index contributed by atoms with van der Waals surface area (Å²) in [7, 11) is 1.64. The zero-order valence-electron chi connectivity index (χ0n) is 13.3. The molecule has 0 aliphatic heterocycles. The number of hydrogen-bond acceptors (Lipinski definition) is 2. The van der Waals surface area contributed by atoms with Crippen LogP contribution in [0, 0.1) is 13.8 Å². The number of carbonyl (C=O) groups is 1. The largest absolute Gasteiger partial charge is 0.497 e. The summed E-state index contributed by atoms with van der Waals surface area (Å²) in [5.74, 6) is 0.832. The van der Waals surface area contributed by atoms with Crippen molar-refractivity contribution in [1.82, 2.24) is 4.57 Å². The van der Waals surface area contributed by atoms with Crippen LogP contribution in [0.4, 0.5) is 0 Å². The Kier molecular flexibility index (Phi) is 3.49. The van der Waals surface area contributed by atoms with Crippen molar-refractivity contribution in [2.45, 2.75) is 20.8 Å². The SMILES string of the molecule is COc1ccc2c(c1)c(C(C)=O)c(C)n2-c1cccc(C)c1. The molecule has 3 rings (SSSR count). The van der Waals surface area contributed by atoms with Crippen molar-refractivity contribution in [2.75, 3.05) is 7.11 Å². The van der Waals surface area contributed by atoms with E-state index in [4.69, 9.17) is 4.74 Å². The van der Waals surface area contributed by atoms with Gasteiger partial charge in [0.1, 0.15) is 5.75 Å². The van der Waals surface area contributed by atoms with E-state index in [1.165, 1.54) is 5.56 Å². The van der Waals surface area contributed by atoms with E-state index in [1.54, 1.807) is 14.0 Å². The standard InChI is InChI=1S/C19H19NO2/c1-12-6-5-7-15(10-12)20-13(2)19(14(3)21)17-11-16(22-4)8-9-18(17)20/h5-11H,1-4H3. The van der Waals surface area contributed by atoms with E-state index >= 15 is 0 Å². The molecule has 22 heavy (non-hydrogen) atoms. The van der Waals surface area contributed by atoms with Crippen LogP contribution in [0.5, 0.6) is 5.75 Å². The summed E-state index contributed by atoms with van der Waals surface area (Å²) in [4.78, 5) is 12.1. The summed E-state index contributed by atoms with van der Waals surface area (Å²) >= 11 is 0. The number of rotatable bonds is 3. The van der Waals surface area contributed by atoms with E-state index in [9.17, 15) is 4.79 Å². The van der Waals surface area contributed by atoms with E-state index in [0.717, 1.165) is 33.6 Å². The van der Waals surface area contributed by atoms with Crippen LogP contribution in [0.1, 0.15) is 28.5 Å². The first-order valence-corrected chi connectivity index (χ1v) is 7.30. The highest BCUT2D eigenvalue weighted by atomic mass is 16.5. The summed E-state index contributed by atoms with van der Waals surface area (Å²) in [6, 6.07) is 14.2. The maximum Gasteiger partial charge on any atom is 0.162 e. The van der Waals surface area contributed by atoms with Crippen LogP contribution in [-0.4, -0.2) is 17.5 Å². The number of Topliss-reactive ketones (excluding diaryl/α,β-unsaturated/α-hetero) is 1. The molecule has 0 saturated heterocycles. The van der Waals surface area contributed by atoms with Gasteiger partial charge in [-0.3, -0.25) is 4.79 Å². The van der Waals surface area contributed by atoms with Gasteiger partial charge in [0.15, 0.2) is 5.78 Å². The van der Waals surface area contributed by atoms with Crippen molar-refractivity contribution in [3.8, 4) is 11.4 Å². The summed E-state index contributed by atoms with van der Waals surface area (Å²) in [5, 5.41) is 0.936. The van der Waals surface area contributed by atoms with Gasteiger partial charge < -0.3 is 9.30 Å². The number of carbonyl (C=O) groups excluding carboxylic acids is 1. The van der Waals surface area contributed by atoms with Crippen molar-refractivity contribution < 1.29 is 9.53 Å². The van der Waals surface area contributed by atoms with Gasteiger partial charge in [0.2, 0.25) is 0 Å². The molecule has 112 valence electrons. The highest BCUT2D eigenvalue weighted by molar-refractivity contribution is 6.09. The van der Waals surface area contributed by atoms with Gasteiger partial charge in [-0.2, -0.15) is 0 Å². The molecule has 2 aromatic carbocycles. The first-order chi connectivity index (χ1) is 10.5. The summed E-state index contributed by atoms with van der Waals surface area (Å²) in [5.41, 5.74) is 5.00. The molecule has 0 amide bonds. The lowest BCUT2D eigenvalue weighted by atomic mass is 10.1. The van der Waals surface area contributed by atoms with Gasteiger partial charge in [0, 0.05) is 22.3 Å². The second kappa shape index (κ2) is 5.34. The Morgan fingerprint density at radius 1 is 1.09 bits per heavy atom. The monoisotopic (exact) mass is 293 g/mol. The smallest absolute Gasteiger partial charge is 0.162 e. The van der Waals surface area contributed by atoms with E-state index in [2.05, 4.69) is 29.7 Å². The number of aromatic nitrogens is 1. The lowest BCUT2D eigenvalue weighted by molar-refractivity contribution is 0.101. The van der Waals surface area contributed by atoms with E-state index < -0.39 is 0 Å². The molecular weight excluding hydrogens is 274 g/mol. The Bertz CT molecular complexity index is 875. The van der Waals surface area contributed by atoms with Crippen LogP contribution in [0.25, 0.3) is 16.6 Å². The van der Waals surface area contributed by atoms with Crippen LogP contribution < -0.4 is 4.74 Å². The van der Waals surface area contributed by atoms with Gasteiger partial charge in [-0.05, 0) is 56.7 Å². The Hall–Kier alpha value is -2.55. The fourth-order valence-corrected chi connectivity index (χ4v) is 3.07. The van der Waals surface area contributed by atoms with Gasteiger partial charge in [-0.1, -0.05) is 12.1 Å². The van der Waals surface area contributed by atoms with Crippen LogP contribution >= 0.6 is 0 Å². The molecule has 0 N–H and O–H groups in total. The fraction of sp³-hybridized carbons (Fsp3) is 0.211. The average Bonchev–Trinajstić information content (AvgIpc) is 2.78. The summed E-state index contributed by atoms with van der Waals surface area (Å²) in [6.07, 6.45) is 0. The van der Waals surface area contributed by atoms with Gasteiger partial charge in [0.05, 0.1) is 12.6 Å². The highest BCUT2D eigenvalue weighted by Gasteiger charge is 2.18. The van der Waals surface area contributed by atoms with Crippen LogP contribution in [-0.2, 0) is 0 Å². The molecule has 0 aliphatic carbocycles. The van der Waals surface area contributed by atoms with Crippen molar-refractivity contribution in [3.63, 3.8) is 0 Å². The molecular formula is C19H19NO2. The molecule has 0 unspecified atom stereocenters. The first kappa shape index (κ1) is 14.4. The number of ether oxygens (including phenoxy) is 1. The number of nitrogens with zero attached hydrogens (tertiary/aromatic N) is 1. The van der Waals surface area contributed by atoms with Gasteiger partial charge in [-0.25, -0.2) is 0 Å². The molecule has 1 aromatic heterocycles. The second-order valence-electron chi connectivity index (χ2n) is 5.57. The van der Waals surface area contributed by atoms with Crippen LogP contribution in [0.15, 0.2) is 42.5 Å². The molecule has 3 aromatic rings. The fourth-order valence-electron chi connectivity index (χ4n) is 3.07. The van der Waals surface area contributed by atoms with Crippen molar-refractivity contribution >= 4 is 16.7 Å². The van der Waals surface area contributed by atoms with Crippen LogP contribution in [0.3, 0.4) is 0 Å². The van der Waals surface area contributed by atoms with Crippen LogP contribution in [0.2, 0.25) is 0 Å². The molecule has 0 radical (unpaired) electrons. The zero-order valence-corrected chi connectivity index (χ0v) is 13.3. The lowest BCUT2D eigenvalue weighted by Crippen LogP contribution is -2.00. The van der Waals surface area contributed by atoms with Gasteiger partial charge in [0.25, 0.3) is 0 Å². The number of hydrogen-bond donors (Lipinski definition) is 0. The normalized spacial score (nSPS) is 10.9. The zero-order chi connectivity index (χ0) is 15.9. The maximum absolute atomic E-state index is 12.1. The third-order valence-electron chi connectivity index (χ3n) is 4.02. The molecule has 0 bridgehead atoms. The van der Waals surface area contributed by atoms with Crippen molar-refractivity contribution in [2.24, 2.45) is 0 Å². The minimum Gasteiger partial charge on any atom is -0.497 e. The topological polar surface area (TPSA) is 31.2 Å². The lowest BCUT2D eigenvalue weighted by Gasteiger charge is -2.09. The Morgan fingerprint density at radius 3 is 2.50 bits per heavy atom. The van der Waals surface area contributed by atoms with E-state index in [-0.39, 0.29) is 5.78 Å². The molecule has 0 fully saturated rings. The minimum atomic E-state index is 0.0714. The highest BCUT2D eigenvalue weighted by Crippen LogP contribution is 2.32. The van der Waals surface area contributed by atoms with Crippen molar-refractivity contribution in [3.05, 3.63) is 59.3 Å². The quantitative estimate of drug-likeness (QED) is 0.668. The predicted molar refractivity (Wildman–Crippen MR) is 89.3 cm³/mol.